The first-order valence-electron chi connectivity index (χ1n) is 8.79. The molecule has 1 aromatic rings. The van der Waals surface area contributed by atoms with E-state index in [2.05, 4.69) is 17.0 Å². The molecule has 0 bridgehead atoms. The normalized spacial score (nSPS) is 15.1. The molecule has 0 aliphatic carbocycles. The summed E-state index contributed by atoms with van der Waals surface area (Å²) in [5.41, 5.74) is 1.27. The van der Waals surface area contributed by atoms with E-state index in [4.69, 9.17) is 4.74 Å². The Labute approximate surface area is 144 Å². The summed E-state index contributed by atoms with van der Waals surface area (Å²) in [6.07, 6.45) is 4.56. The van der Waals surface area contributed by atoms with Crippen LogP contribution in [-0.2, 0) is 16.1 Å². The highest BCUT2D eigenvalue weighted by molar-refractivity contribution is 5.92. The Hall–Kier alpha value is -1.88. The molecule has 5 nitrogen and oxygen atoms in total. The number of carbonyl (C=O) groups excluding carboxylic acids is 2. The summed E-state index contributed by atoms with van der Waals surface area (Å²) in [6, 6.07) is 8.19. The highest BCUT2D eigenvalue weighted by atomic mass is 16.5. The molecule has 0 radical (unpaired) electrons. The predicted molar refractivity (Wildman–Crippen MR) is 93.8 cm³/mol. The molecule has 24 heavy (non-hydrogen) atoms. The van der Waals surface area contributed by atoms with Crippen LogP contribution in [0.15, 0.2) is 24.3 Å². The number of piperidine rings is 1. The van der Waals surface area contributed by atoms with Crippen molar-refractivity contribution in [2.45, 2.75) is 46.1 Å². The summed E-state index contributed by atoms with van der Waals surface area (Å²) in [5.74, 6) is 0.416. The van der Waals surface area contributed by atoms with Crippen LogP contribution in [0, 0.1) is 0 Å². The Bertz CT molecular complexity index is 539. The van der Waals surface area contributed by atoms with E-state index in [1.807, 2.05) is 12.1 Å². The van der Waals surface area contributed by atoms with Gasteiger partial charge in [-0.2, -0.15) is 0 Å². The van der Waals surface area contributed by atoms with Crippen molar-refractivity contribution < 1.29 is 14.3 Å². The van der Waals surface area contributed by atoms with Crippen LogP contribution in [0.4, 0.5) is 0 Å². The Morgan fingerprint density at radius 3 is 2.50 bits per heavy atom. The van der Waals surface area contributed by atoms with Crippen molar-refractivity contribution in [3.8, 4) is 5.75 Å². The molecule has 1 heterocycles. The molecule has 1 aliphatic rings. The number of amides is 2. The molecule has 1 saturated heterocycles. The van der Waals surface area contributed by atoms with Crippen LogP contribution in [0.5, 0.6) is 5.75 Å². The summed E-state index contributed by atoms with van der Waals surface area (Å²) in [4.78, 5) is 26.4. The fourth-order valence-electron chi connectivity index (χ4n) is 3.06. The third kappa shape index (κ3) is 5.96. The first-order valence-corrected chi connectivity index (χ1v) is 8.79. The molecule has 0 N–H and O–H groups in total. The lowest BCUT2D eigenvalue weighted by molar-refractivity contribution is -0.142. The van der Waals surface area contributed by atoms with E-state index < -0.39 is 0 Å². The summed E-state index contributed by atoms with van der Waals surface area (Å²) in [5, 5.41) is 0. The first kappa shape index (κ1) is 18.5. The molecule has 5 heteroatoms. The molecule has 0 saturated carbocycles. The van der Waals surface area contributed by atoms with E-state index in [1.54, 1.807) is 0 Å². The van der Waals surface area contributed by atoms with Gasteiger partial charge in [0.15, 0.2) is 0 Å². The van der Waals surface area contributed by atoms with Gasteiger partial charge < -0.3 is 4.74 Å². The van der Waals surface area contributed by atoms with Crippen LogP contribution >= 0.6 is 0 Å². The van der Waals surface area contributed by atoms with E-state index in [-0.39, 0.29) is 11.8 Å². The zero-order valence-electron chi connectivity index (χ0n) is 14.8. The average Bonchev–Trinajstić information content (AvgIpc) is 2.55. The van der Waals surface area contributed by atoms with Crippen LogP contribution in [0.25, 0.3) is 0 Å². The van der Waals surface area contributed by atoms with Crippen LogP contribution in [0.2, 0.25) is 0 Å². The molecular formula is C19H28N2O3. The minimum Gasteiger partial charge on any atom is -0.494 e. The van der Waals surface area contributed by atoms with Crippen molar-refractivity contribution in [3.63, 3.8) is 0 Å². The van der Waals surface area contributed by atoms with E-state index in [0.717, 1.165) is 12.3 Å². The maximum Gasteiger partial charge on any atom is 0.226 e. The maximum atomic E-state index is 11.3. The van der Waals surface area contributed by atoms with Gasteiger partial charge >= 0.3 is 0 Å². The van der Waals surface area contributed by atoms with Crippen molar-refractivity contribution in [2.24, 2.45) is 0 Å². The van der Waals surface area contributed by atoms with Crippen LogP contribution in [-0.4, -0.2) is 47.9 Å². The van der Waals surface area contributed by atoms with Crippen molar-refractivity contribution in [3.05, 3.63) is 29.8 Å². The molecule has 1 fully saturated rings. The van der Waals surface area contributed by atoms with Crippen LogP contribution < -0.4 is 4.74 Å². The van der Waals surface area contributed by atoms with Gasteiger partial charge in [0.05, 0.1) is 6.61 Å². The van der Waals surface area contributed by atoms with E-state index >= 15 is 0 Å². The van der Waals surface area contributed by atoms with Crippen LogP contribution in [0.3, 0.4) is 0 Å². The van der Waals surface area contributed by atoms with Crippen molar-refractivity contribution in [2.75, 3.05) is 26.2 Å². The number of carbonyl (C=O) groups is 2. The van der Waals surface area contributed by atoms with Crippen molar-refractivity contribution in [1.82, 2.24) is 9.80 Å². The molecule has 0 aromatic heterocycles. The topological polar surface area (TPSA) is 49.9 Å². The molecule has 0 unspecified atom stereocenters. The first-order chi connectivity index (χ1) is 11.6. The monoisotopic (exact) mass is 332 g/mol. The molecule has 0 spiro atoms. The average molecular weight is 332 g/mol. The van der Waals surface area contributed by atoms with Gasteiger partial charge in [0.1, 0.15) is 5.75 Å². The van der Waals surface area contributed by atoms with E-state index in [0.29, 0.717) is 19.6 Å². The summed E-state index contributed by atoms with van der Waals surface area (Å²) in [7, 11) is 0. The van der Waals surface area contributed by atoms with Gasteiger partial charge in [-0.3, -0.25) is 19.4 Å². The second-order valence-electron chi connectivity index (χ2n) is 6.38. The van der Waals surface area contributed by atoms with Gasteiger partial charge in [0, 0.05) is 26.9 Å². The van der Waals surface area contributed by atoms with Gasteiger partial charge in [0.2, 0.25) is 11.8 Å². The number of likely N-dealkylation sites (tertiary alicyclic amines) is 1. The zero-order valence-corrected chi connectivity index (χ0v) is 14.8. The number of ether oxygens (including phenoxy) is 1. The van der Waals surface area contributed by atoms with Crippen molar-refractivity contribution >= 4 is 11.8 Å². The van der Waals surface area contributed by atoms with Gasteiger partial charge in [-0.1, -0.05) is 18.6 Å². The number of benzene rings is 1. The van der Waals surface area contributed by atoms with Gasteiger partial charge in [-0.25, -0.2) is 0 Å². The maximum absolute atomic E-state index is 11.3. The number of rotatable bonds is 7. The number of hydrogen-bond acceptors (Lipinski definition) is 4. The molecule has 2 amide bonds. The van der Waals surface area contributed by atoms with Crippen molar-refractivity contribution in [1.29, 1.82) is 0 Å². The largest absolute Gasteiger partial charge is 0.494 e. The second-order valence-corrected chi connectivity index (χ2v) is 6.38. The quantitative estimate of drug-likeness (QED) is 0.721. The molecule has 0 atom stereocenters. The SMILES string of the molecule is CC(=O)N(CCCOc1cccc(CN2CCCCC2)c1)C(C)=O. The minimum absolute atomic E-state index is 0.217. The van der Waals surface area contributed by atoms with Gasteiger partial charge in [-0.15, -0.1) is 0 Å². The highest BCUT2D eigenvalue weighted by Gasteiger charge is 2.13. The molecule has 2 rings (SSSR count). The highest BCUT2D eigenvalue weighted by Crippen LogP contribution is 2.17. The summed E-state index contributed by atoms with van der Waals surface area (Å²) in [6.45, 7) is 7.04. The van der Waals surface area contributed by atoms with E-state index in [1.165, 1.54) is 56.7 Å². The molecule has 1 aliphatic heterocycles. The Morgan fingerprint density at radius 1 is 1.12 bits per heavy atom. The Balaban J connectivity index is 1.77. The second kappa shape index (κ2) is 9.42. The Kier molecular flexibility index (Phi) is 7.25. The third-order valence-corrected chi connectivity index (χ3v) is 4.31. The smallest absolute Gasteiger partial charge is 0.226 e. The van der Waals surface area contributed by atoms with Crippen LogP contribution in [0.1, 0.15) is 45.1 Å². The standard InChI is InChI=1S/C19H28N2O3/c1-16(22)21(17(2)23)12-7-13-24-19-9-6-8-18(14-19)15-20-10-4-3-5-11-20/h6,8-9,14H,3-5,7,10-13,15H2,1-2H3. The zero-order chi connectivity index (χ0) is 17.4. The molecule has 1 aromatic carbocycles. The van der Waals surface area contributed by atoms with E-state index in [9.17, 15) is 9.59 Å². The third-order valence-electron chi connectivity index (χ3n) is 4.31. The number of hydrogen-bond donors (Lipinski definition) is 0. The summed E-state index contributed by atoms with van der Waals surface area (Å²) < 4.78 is 5.78. The molecule has 132 valence electrons. The number of imide groups is 1. The van der Waals surface area contributed by atoms with Gasteiger partial charge in [0.25, 0.3) is 0 Å². The number of nitrogens with zero attached hydrogens (tertiary/aromatic N) is 2. The lowest BCUT2D eigenvalue weighted by Crippen LogP contribution is -2.34. The summed E-state index contributed by atoms with van der Waals surface area (Å²) >= 11 is 0. The lowest BCUT2D eigenvalue weighted by atomic mass is 10.1. The fourth-order valence-corrected chi connectivity index (χ4v) is 3.06. The minimum atomic E-state index is -0.217. The lowest BCUT2D eigenvalue weighted by Gasteiger charge is -2.26. The Morgan fingerprint density at radius 2 is 1.83 bits per heavy atom. The van der Waals surface area contributed by atoms with Gasteiger partial charge in [-0.05, 0) is 50.0 Å². The fraction of sp³-hybridized carbons (Fsp3) is 0.579. The predicted octanol–water partition coefficient (Wildman–Crippen LogP) is 2.84. The molecular weight excluding hydrogens is 304 g/mol.